The van der Waals surface area contributed by atoms with Crippen LogP contribution in [0.4, 0.5) is 5.69 Å². The molecule has 0 aromatic heterocycles. The van der Waals surface area contributed by atoms with Gasteiger partial charge in [-0.1, -0.05) is 50.2 Å². The number of aliphatic imine (C=N–C) groups is 1. The van der Waals surface area contributed by atoms with E-state index in [9.17, 15) is 9.90 Å². The van der Waals surface area contributed by atoms with E-state index in [-0.39, 0.29) is 5.41 Å². The van der Waals surface area contributed by atoms with Crippen molar-refractivity contribution < 1.29 is 9.90 Å². The minimum absolute atomic E-state index is 0.0518. The normalized spacial score (nSPS) is 23.6. The second-order valence-corrected chi connectivity index (χ2v) is 8.76. The topological polar surface area (TPSA) is 61.7 Å². The number of aliphatic carboxylic acids is 1. The van der Waals surface area contributed by atoms with E-state index in [0.29, 0.717) is 5.75 Å². The smallest absolute Gasteiger partial charge is 0.326 e. The van der Waals surface area contributed by atoms with Crippen LogP contribution in [0.5, 0.6) is 0 Å². The van der Waals surface area contributed by atoms with Gasteiger partial charge in [0.05, 0.1) is 11.4 Å². The molecule has 1 aliphatic heterocycles. The van der Waals surface area contributed by atoms with Gasteiger partial charge in [0.25, 0.3) is 0 Å². The van der Waals surface area contributed by atoms with Crippen molar-refractivity contribution in [3.8, 4) is 0 Å². The monoisotopic (exact) mass is 366 g/mol. The molecule has 2 N–H and O–H groups in total. The minimum atomic E-state index is -0.792. The zero-order valence-corrected chi connectivity index (χ0v) is 15.8. The summed E-state index contributed by atoms with van der Waals surface area (Å²) in [6.45, 7) is 4.43. The first-order valence-corrected chi connectivity index (χ1v) is 9.82. The van der Waals surface area contributed by atoms with Gasteiger partial charge in [0, 0.05) is 21.7 Å². The van der Waals surface area contributed by atoms with E-state index in [1.807, 2.05) is 18.2 Å². The number of rotatable bonds is 2. The van der Waals surface area contributed by atoms with Gasteiger partial charge in [0.1, 0.15) is 6.04 Å². The molecule has 0 saturated carbocycles. The fourth-order valence-electron chi connectivity index (χ4n) is 3.71. The number of fused-ring (bicyclic) bond motifs is 1. The van der Waals surface area contributed by atoms with Gasteiger partial charge in [-0.05, 0) is 29.7 Å². The molecule has 5 heteroatoms. The zero-order valence-electron chi connectivity index (χ0n) is 15.0. The molecule has 0 amide bonds. The lowest BCUT2D eigenvalue weighted by Crippen LogP contribution is -2.44. The summed E-state index contributed by atoms with van der Waals surface area (Å²) < 4.78 is 0. The van der Waals surface area contributed by atoms with Crippen LogP contribution in [0.2, 0.25) is 0 Å². The first-order valence-electron chi connectivity index (χ1n) is 8.84. The zero-order chi connectivity index (χ0) is 18.3. The molecule has 4 nitrogen and oxygen atoms in total. The standard InChI is InChI=1S/C21H22N2O2S/c1-21(2)10-16(19-17(11-21)23-18(12-26-19)20(24)25)22-15-9-5-7-13-6-3-4-8-14(13)15/h3-9,18,23H,10-12H2,1-2H3,(H,24,25)/b22-16+. The van der Waals surface area contributed by atoms with Gasteiger partial charge < -0.3 is 10.4 Å². The van der Waals surface area contributed by atoms with Crippen molar-refractivity contribution in [2.45, 2.75) is 32.7 Å². The largest absolute Gasteiger partial charge is 0.480 e. The summed E-state index contributed by atoms with van der Waals surface area (Å²) in [6, 6.07) is 13.9. The van der Waals surface area contributed by atoms with Crippen molar-refractivity contribution in [1.82, 2.24) is 5.32 Å². The van der Waals surface area contributed by atoms with Gasteiger partial charge in [-0.3, -0.25) is 4.99 Å². The lowest BCUT2D eigenvalue weighted by molar-refractivity contribution is -0.138. The number of carboxylic acid groups (broad SMARTS) is 1. The number of allylic oxidation sites excluding steroid dienone is 2. The SMILES string of the molecule is CC1(C)CC2=C(SCC(C(=O)O)N2)/C(=N/c2cccc3ccccc23)C1. The van der Waals surface area contributed by atoms with Gasteiger partial charge in [-0.2, -0.15) is 0 Å². The average molecular weight is 366 g/mol. The van der Waals surface area contributed by atoms with Gasteiger partial charge in [0.15, 0.2) is 0 Å². The summed E-state index contributed by atoms with van der Waals surface area (Å²) >= 11 is 1.62. The van der Waals surface area contributed by atoms with Gasteiger partial charge in [-0.15, -0.1) is 11.8 Å². The van der Waals surface area contributed by atoms with Crippen LogP contribution in [0, 0.1) is 5.41 Å². The highest BCUT2D eigenvalue weighted by Crippen LogP contribution is 2.43. The van der Waals surface area contributed by atoms with E-state index >= 15 is 0 Å². The molecule has 1 atom stereocenters. The molecule has 134 valence electrons. The third-order valence-electron chi connectivity index (χ3n) is 4.90. The Hall–Kier alpha value is -2.27. The van der Waals surface area contributed by atoms with Crippen LogP contribution in [0.25, 0.3) is 10.8 Å². The maximum Gasteiger partial charge on any atom is 0.326 e. The molecule has 0 bridgehead atoms. The molecule has 0 fully saturated rings. The van der Waals surface area contributed by atoms with Crippen LogP contribution in [0.15, 0.2) is 58.1 Å². The van der Waals surface area contributed by atoms with E-state index < -0.39 is 12.0 Å². The van der Waals surface area contributed by atoms with E-state index in [1.165, 1.54) is 5.39 Å². The summed E-state index contributed by atoms with van der Waals surface area (Å²) in [4.78, 5) is 17.6. The Balaban J connectivity index is 1.80. The number of hydrogen-bond donors (Lipinski definition) is 2. The fraction of sp³-hybridized carbons (Fsp3) is 0.333. The Labute approximate surface area is 157 Å². The Morgan fingerprint density at radius 1 is 1.19 bits per heavy atom. The van der Waals surface area contributed by atoms with Crippen LogP contribution in [-0.4, -0.2) is 28.6 Å². The highest BCUT2D eigenvalue weighted by molar-refractivity contribution is 8.04. The number of hydrogen-bond acceptors (Lipinski definition) is 4. The first kappa shape index (κ1) is 17.2. The Kier molecular flexibility index (Phi) is 4.27. The number of thioether (sulfide) groups is 1. The number of nitrogens with one attached hydrogen (secondary N) is 1. The number of carbonyl (C=O) groups is 1. The Morgan fingerprint density at radius 2 is 1.96 bits per heavy atom. The molecule has 2 aromatic rings. The number of carboxylic acids is 1. The van der Waals surface area contributed by atoms with Gasteiger partial charge >= 0.3 is 5.97 Å². The molecule has 1 unspecified atom stereocenters. The van der Waals surface area contributed by atoms with Gasteiger partial charge in [0.2, 0.25) is 0 Å². The van der Waals surface area contributed by atoms with Crippen LogP contribution < -0.4 is 5.32 Å². The molecule has 0 spiro atoms. The van der Waals surface area contributed by atoms with Crippen molar-refractivity contribution in [2.24, 2.45) is 10.4 Å². The van der Waals surface area contributed by atoms with Crippen molar-refractivity contribution in [1.29, 1.82) is 0 Å². The van der Waals surface area contributed by atoms with Crippen molar-refractivity contribution in [2.75, 3.05) is 5.75 Å². The predicted molar refractivity (Wildman–Crippen MR) is 108 cm³/mol. The average Bonchev–Trinajstić information content (AvgIpc) is 2.60. The second-order valence-electron chi connectivity index (χ2n) is 7.73. The minimum Gasteiger partial charge on any atom is -0.480 e. The molecule has 0 saturated heterocycles. The highest BCUT2D eigenvalue weighted by Gasteiger charge is 2.36. The summed E-state index contributed by atoms with van der Waals surface area (Å²) in [5.41, 5.74) is 3.12. The molecule has 0 radical (unpaired) electrons. The number of benzene rings is 2. The van der Waals surface area contributed by atoms with E-state index in [0.717, 1.165) is 40.2 Å². The van der Waals surface area contributed by atoms with E-state index in [2.05, 4.69) is 43.4 Å². The molecule has 1 heterocycles. The molecule has 1 aliphatic carbocycles. The molecular formula is C21H22N2O2S. The predicted octanol–water partition coefficient (Wildman–Crippen LogP) is 4.73. The van der Waals surface area contributed by atoms with Crippen LogP contribution in [0.1, 0.15) is 26.7 Å². The van der Waals surface area contributed by atoms with Crippen LogP contribution in [0.3, 0.4) is 0 Å². The lowest BCUT2D eigenvalue weighted by Gasteiger charge is -2.38. The highest BCUT2D eigenvalue weighted by atomic mass is 32.2. The van der Waals surface area contributed by atoms with Crippen LogP contribution in [-0.2, 0) is 4.79 Å². The second kappa shape index (κ2) is 6.47. The number of nitrogens with zero attached hydrogens (tertiary/aromatic N) is 1. The van der Waals surface area contributed by atoms with Crippen molar-refractivity contribution in [3.05, 3.63) is 53.1 Å². The quantitative estimate of drug-likeness (QED) is 0.806. The van der Waals surface area contributed by atoms with Crippen molar-refractivity contribution >= 4 is 39.9 Å². The van der Waals surface area contributed by atoms with Crippen molar-refractivity contribution in [3.63, 3.8) is 0 Å². The summed E-state index contributed by atoms with van der Waals surface area (Å²) in [6.07, 6.45) is 1.75. The fourth-order valence-corrected chi connectivity index (χ4v) is 4.86. The van der Waals surface area contributed by atoms with Gasteiger partial charge in [-0.25, -0.2) is 4.79 Å². The molecule has 26 heavy (non-hydrogen) atoms. The molecule has 4 rings (SSSR count). The molecular weight excluding hydrogens is 344 g/mol. The first-order chi connectivity index (χ1) is 12.4. The molecule has 2 aliphatic rings. The van der Waals surface area contributed by atoms with Crippen LogP contribution >= 0.6 is 11.8 Å². The Bertz CT molecular complexity index is 941. The maximum atomic E-state index is 11.4. The molecule has 2 aromatic carbocycles. The Morgan fingerprint density at radius 3 is 2.77 bits per heavy atom. The lowest BCUT2D eigenvalue weighted by atomic mass is 9.78. The summed E-state index contributed by atoms with van der Waals surface area (Å²) in [7, 11) is 0. The van der Waals surface area contributed by atoms with E-state index in [1.54, 1.807) is 11.8 Å². The third-order valence-corrected chi connectivity index (χ3v) is 6.17. The maximum absolute atomic E-state index is 11.4. The third kappa shape index (κ3) is 3.23. The summed E-state index contributed by atoms with van der Waals surface area (Å²) in [5.74, 6) is -0.261. The summed E-state index contributed by atoms with van der Waals surface area (Å²) in [5, 5.41) is 14.9. The van der Waals surface area contributed by atoms with E-state index in [4.69, 9.17) is 4.99 Å².